The van der Waals surface area contributed by atoms with Gasteiger partial charge in [0.2, 0.25) is 11.9 Å². The van der Waals surface area contributed by atoms with E-state index in [0.717, 1.165) is 12.1 Å². The van der Waals surface area contributed by atoms with E-state index in [1.54, 1.807) is 0 Å². The molecule has 0 bridgehead atoms. The van der Waals surface area contributed by atoms with E-state index in [0.29, 0.717) is 0 Å². The minimum absolute atomic E-state index is 0. The number of alkyl halides is 1. The maximum absolute atomic E-state index is 13.7. The van der Waals surface area contributed by atoms with Crippen molar-refractivity contribution in [3.63, 3.8) is 0 Å². The molecule has 21 heavy (non-hydrogen) atoms. The van der Waals surface area contributed by atoms with Crippen molar-refractivity contribution in [1.29, 1.82) is 0 Å². The molecular formula is C11H14ClFN2O6. The van der Waals surface area contributed by atoms with Crippen LogP contribution in [-0.2, 0) is 9.53 Å². The summed E-state index contributed by atoms with van der Waals surface area (Å²) in [6, 6.07) is 0.0592. The molecule has 0 fully saturated rings. The van der Waals surface area contributed by atoms with Gasteiger partial charge in [-0.15, -0.1) is 12.4 Å². The second kappa shape index (κ2) is 7.60. The largest absolute Gasteiger partial charge is 0.504 e. The molecule has 0 aromatic heterocycles. The molecule has 0 spiro atoms. The van der Waals surface area contributed by atoms with Gasteiger partial charge in [0.1, 0.15) is 0 Å². The van der Waals surface area contributed by atoms with Crippen LogP contribution >= 0.6 is 12.4 Å². The third-order valence-corrected chi connectivity index (χ3v) is 2.50. The topological polar surface area (TPSA) is 136 Å². The summed E-state index contributed by atoms with van der Waals surface area (Å²) >= 11 is 0. The van der Waals surface area contributed by atoms with E-state index < -0.39 is 40.3 Å². The summed E-state index contributed by atoms with van der Waals surface area (Å²) in [5.41, 5.74) is 4.41. The number of halogens is 2. The van der Waals surface area contributed by atoms with Gasteiger partial charge in [-0.25, -0.2) is 9.18 Å². The number of nitrogens with zero attached hydrogens (tertiary/aromatic N) is 1. The van der Waals surface area contributed by atoms with Crippen molar-refractivity contribution in [1.82, 2.24) is 0 Å². The highest BCUT2D eigenvalue weighted by Crippen LogP contribution is 2.38. The Bertz CT molecular complexity index is 542. The van der Waals surface area contributed by atoms with Gasteiger partial charge in [-0.05, 0) is 18.6 Å². The van der Waals surface area contributed by atoms with Crippen LogP contribution in [0.4, 0.5) is 10.1 Å². The van der Waals surface area contributed by atoms with E-state index in [1.807, 2.05) is 0 Å². The van der Waals surface area contributed by atoms with Crippen molar-refractivity contribution in [3.8, 4) is 11.5 Å². The highest BCUT2D eigenvalue weighted by molar-refractivity contribution is 5.85. The third-order valence-electron chi connectivity index (χ3n) is 2.50. The van der Waals surface area contributed by atoms with Crippen molar-refractivity contribution in [2.75, 3.05) is 6.61 Å². The second-order valence-corrected chi connectivity index (χ2v) is 3.84. The standard InChI is InChI=1S/C11H13FN2O6.ClH/c1-2-20-11(17)8(12)9(13)5-3-6(14(18)19)10(16)7(15)4-5;/h3-4,8-9,15-16H,2,13H2,1H3;1H/t8?,9-;/m0./s1. The monoisotopic (exact) mass is 324 g/mol. The van der Waals surface area contributed by atoms with E-state index in [2.05, 4.69) is 4.74 Å². The Labute approximate surface area is 124 Å². The van der Waals surface area contributed by atoms with Gasteiger partial charge in [-0.1, -0.05) is 0 Å². The summed E-state index contributed by atoms with van der Waals surface area (Å²) in [6.45, 7) is 1.43. The predicted octanol–water partition coefficient (Wildman–Crippen LogP) is 1.33. The Morgan fingerprint density at radius 3 is 2.57 bits per heavy atom. The first-order valence-electron chi connectivity index (χ1n) is 5.56. The van der Waals surface area contributed by atoms with Crippen LogP contribution in [0, 0.1) is 10.1 Å². The lowest BCUT2D eigenvalue weighted by molar-refractivity contribution is -0.386. The Morgan fingerprint density at radius 1 is 1.52 bits per heavy atom. The summed E-state index contributed by atoms with van der Waals surface area (Å²) < 4.78 is 18.2. The van der Waals surface area contributed by atoms with Crippen LogP contribution in [0.3, 0.4) is 0 Å². The Morgan fingerprint density at radius 2 is 2.10 bits per heavy atom. The molecule has 0 aliphatic heterocycles. The smallest absolute Gasteiger partial charge is 0.342 e. The lowest BCUT2D eigenvalue weighted by atomic mass is 10.0. The molecule has 0 amide bonds. The van der Waals surface area contributed by atoms with Crippen molar-refractivity contribution >= 4 is 24.1 Å². The molecule has 0 aliphatic carbocycles. The number of carbonyl (C=O) groups excluding carboxylic acids is 1. The van der Waals surface area contributed by atoms with Crippen LogP contribution in [0.25, 0.3) is 0 Å². The maximum atomic E-state index is 13.7. The number of phenols is 2. The highest BCUT2D eigenvalue weighted by atomic mass is 35.5. The average molecular weight is 325 g/mol. The van der Waals surface area contributed by atoms with Gasteiger partial charge in [-0.2, -0.15) is 0 Å². The number of benzene rings is 1. The molecule has 2 atom stereocenters. The predicted molar refractivity (Wildman–Crippen MR) is 72.1 cm³/mol. The molecule has 0 saturated heterocycles. The normalized spacial score (nSPS) is 12.9. The number of nitrogens with two attached hydrogens (primary N) is 1. The molecule has 8 nitrogen and oxygen atoms in total. The van der Waals surface area contributed by atoms with Crippen LogP contribution in [-0.4, -0.2) is 33.9 Å². The fraction of sp³-hybridized carbons (Fsp3) is 0.364. The third kappa shape index (κ3) is 4.17. The number of hydrogen-bond acceptors (Lipinski definition) is 7. The molecule has 0 heterocycles. The number of nitro benzene ring substituents is 1. The van der Waals surface area contributed by atoms with E-state index in [9.17, 15) is 29.5 Å². The number of hydrogen-bond donors (Lipinski definition) is 3. The number of rotatable bonds is 5. The SMILES string of the molecule is CCOC(=O)C(F)[C@@H](N)c1cc(O)c(O)c([N+](=O)[O-])c1.Cl. The number of ether oxygens (including phenoxy) is 1. The lowest BCUT2D eigenvalue weighted by Gasteiger charge is -2.16. The first kappa shape index (κ1) is 18.9. The van der Waals surface area contributed by atoms with Gasteiger partial charge in [0.05, 0.1) is 17.6 Å². The Kier molecular flexibility index (Phi) is 6.83. The second-order valence-electron chi connectivity index (χ2n) is 3.84. The summed E-state index contributed by atoms with van der Waals surface area (Å²) in [4.78, 5) is 20.9. The number of esters is 1. The molecule has 0 aliphatic rings. The Hall–Kier alpha value is -2.13. The van der Waals surface area contributed by atoms with Gasteiger partial charge < -0.3 is 20.7 Å². The summed E-state index contributed by atoms with van der Waals surface area (Å²) in [7, 11) is 0. The van der Waals surface area contributed by atoms with E-state index >= 15 is 0 Å². The molecule has 1 rings (SSSR count). The highest BCUT2D eigenvalue weighted by Gasteiger charge is 2.30. The molecular weight excluding hydrogens is 311 g/mol. The van der Waals surface area contributed by atoms with Gasteiger partial charge in [0.15, 0.2) is 5.75 Å². The van der Waals surface area contributed by atoms with Gasteiger partial charge in [-0.3, -0.25) is 10.1 Å². The van der Waals surface area contributed by atoms with Gasteiger partial charge in [0.25, 0.3) is 0 Å². The van der Waals surface area contributed by atoms with Crippen LogP contribution in [0.15, 0.2) is 12.1 Å². The quantitative estimate of drug-likeness (QED) is 0.321. The van der Waals surface area contributed by atoms with E-state index in [1.165, 1.54) is 6.92 Å². The van der Waals surface area contributed by atoms with Crippen molar-refractivity contribution in [2.45, 2.75) is 19.1 Å². The van der Waals surface area contributed by atoms with Gasteiger partial charge >= 0.3 is 11.7 Å². The molecule has 4 N–H and O–H groups in total. The number of phenolic OH excluding ortho intramolecular Hbond substituents is 2. The zero-order valence-corrected chi connectivity index (χ0v) is 11.7. The molecule has 0 radical (unpaired) electrons. The van der Waals surface area contributed by atoms with Crippen LogP contribution in [0.5, 0.6) is 11.5 Å². The lowest BCUT2D eigenvalue weighted by Crippen LogP contribution is -2.31. The Balaban J connectivity index is 0.00000400. The van der Waals surface area contributed by atoms with Crippen LogP contribution < -0.4 is 5.73 Å². The minimum atomic E-state index is -2.25. The summed E-state index contributed by atoms with van der Waals surface area (Å²) in [5.74, 6) is -3.01. The molecule has 1 aromatic rings. The van der Waals surface area contributed by atoms with E-state index in [4.69, 9.17) is 5.73 Å². The molecule has 10 heteroatoms. The molecule has 0 saturated carbocycles. The number of carbonyl (C=O) groups is 1. The first-order valence-corrected chi connectivity index (χ1v) is 5.56. The average Bonchev–Trinajstić information content (AvgIpc) is 2.39. The van der Waals surface area contributed by atoms with Crippen LogP contribution in [0.2, 0.25) is 0 Å². The van der Waals surface area contributed by atoms with Crippen molar-refractivity contribution in [3.05, 3.63) is 27.8 Å². The fourth-order valence-electron chi connectivity index (χ4n) is 1.49. The maximum Gasteiger partial charge on any atom is 0.342 e. The zero-order valence-electron chi connectivity index (χ0n) is 10.9. The number of nitro groups is 1. The van der Waals surface area contributed by atoms with Gasteiger partial charge in [0, 0.05) is 6.07 Å². The fourth-order valence-corrected chi connectivity index (χ4v) is 1.49. The zero-order chi connectivity index (χ0) is 15.4. The summed E-state index contributed by atoms with van der Waals surface area (Å²) in [5, 5.41) is 29.3. The summed E-state index contributed by atoms with van der Waals surface area (Å²) in [6.07, 6.45) is -2.25. The molecule has 1 aromatic carbocycles. The molecule has 1 unspecified atom stereocenters. The van der Waals surface area contributed by atoms with Crippen LogP contribution in [0.1, 0.15) is 18.5 Å². The van der Waals surface area contributed by atoms with Crippen molar-refractivity contribution < 1.29 is 29.1 Å². The number of aromatic hydroxyl groups is 2. The molecule has 118 valence electrons. The van der Waals surface area contributed by atoms with Crippen molar-refractivity contribution in [2.24, 2.45) is 5.73 Å². The first-order chi connectivity index (χ1) is 9.29. The minimum Gasteiger partial charge on any atom is -0.504 e. The van der Waals surface area contributed by atoms with E-state index in [-0.39, 0.29) is 24.6 Å².